The van der Waals surface area contributed by atoms with E-state index in [0.29, 0.717) is 25.1 Å². The van der Waals surface area contributed by atoms with Crippen LogP contribution >= 0.6 is 0 Å². The normalized spacial score (nSPS) is 18.6. The molecule has 2 aromatic carbocycles. The van der Waals surface area contributed by atoms with Crippen LogP contribution in [-0.2, 0) is 11.2 Å². The van der Waals surface area contributed by atoms with Crippen molar-refractivity contribution in [1.82, 2.24) is 4.90 Å². The van der Waals surface area contributed by atoms with Crippen LogP contribution in [0.3, 0.4) is 0 Å². The van der Waals surface area contributed by atoms with Crippen molar-refractivity contribution in [2.75, 3.05) is 18.5 Å². The molecule has 4 rings (SSSR count). The molecule has 0 radical (unpaired) electrons. The van der Waals surface area contributed by atoms with Crippen molar-refractivity contribution in [1.29, 1.82) is 0 Å². The maximum absolute atomic E-state index is 12.9. The third-order valence-electron chi connectivity index (χ3n) is 4.79. The van der Waals surface area contributed by atoms with Gasteiger partial charge in [0, 0.05) is 24.2 Å². The van der Waals surface area contributed by atoms with Crippen LogP contribution in [0.15, 0.2) is 48.5 Å². The Kier molecular flexibility index (Phi) is 4.14. The largest absolute Gasteiger partial charge is 0.493 e. The number of carbonyl (C=O) groups excluding carboxylic acids is 2. The number of anilines is 1. The number of nitrogens with one attached hydrogen (secondary N) is 1. The summed E-state index contributed by atoms with van der Waals surface area (Å²) < 4.78 is 5.50. The summed E-state index contributed by atoms with van der Waals surface area (Å²) in [5, 5.41) is 2.91. The Balaban J connectivity index is 1.51. The minimum atomic E-state index is -0.419. The average molecular weight is 336 g/mol. The molecule has 0 bridgehead atoms. The van der Waals surface area contributed by atoms with E-state index in [1.165, 1.54) is 0 Å². The van der Waals surface area contributed by atoms with Crippen LogP contribution < -0.4 is 10.1 Å². The average Bonchev–Trinajstić information content (AvgIpc) is 3.30. The Morgan fingerprint density at radius 1 is 1.12 bits per heavy atom. The van der Waals surface area contributed by atoms with Gasteiger partial charge in [-0.3, -0.25) is 9.59 Å². The molecule has 25 heavy (non-hydrogen) atoms. The summed E-state index contributed by atoms with van der Waals surface area (Å²) in [5.41, 5.74) is 2.44. The zero-order valence-corrected chi connectivity index (χ0v) is 13.9. The molecule has 0 unspecified atom stereocenters. The molecule has 1 saturated heterocycles. The molecule has 1 atom stereocenters. The molecule has 2 aliphatic rings. The molecule has 2 aliphatic heterocycles. The highest BCUT2D eigenvalue weighted by molar-refractivity contribution is 6.01. The number of fused-ring (bicyclic) bond motifs is 1. The minimum absolute atomic E-state index is 0.0830. The van der Waals surface area contributed by atoms with E-state index in [1.54, 1.807) is 11.0 Å². The second kappa shape index (κ2) is 6.59. The van der Waals surface area contributed by atoms with Gasteiger partial charge < -0.3 is 15.0 Å². The zero-order chi connectivity index (χ0) is 17.2. The topological polar surface area (TPSA) is 58.6 Å². The van der Waals surface area contributed by atoms with Gasteiger partial charge in [0.05, 0.1) is 6.61 Å². The number of hydrogen-bond donors (Lipinski definition) is 1. The molecule has 0 saturated carbocycles. The van der Waals surface area contributed by atoms with Gasteiger partial charge in [0.2, 0.25) is 5.91 Å². The van der Waals surface area contributed by atoms with Gasteiger partial charge >= 0.3 is 0 Å². The van der Waals surface area contributed by atoms with Gasteiger partial charge in [-0.15, -0.1) is 0 Å². The van der Waals surface area contributed by atoms with E-state index < -0.39 is 6.04 Å². The summed E-state index contributed by atoms with van der Waals surface area (Å²) in [6.07, 6.45) is 2.36. The summed E-state index contributed by atoms with van der Waals surface area (Å²) in [5.74, 6) is 0.651. The van der Waals surface area contributed by atoms with Gasteiger partial charge in [-0.1, -0.05) is 18.2 Å². The number of para-hydroxylation sites is 1. The van der Waals surface area contributed by atoms with Gasteiger partial charge in [-0.2, -0.15) is 0 Å². The van der Waals surface area contributed by atoms with E-state index in [2.05, 4.69) is 5.32 Å². The van der Waals surface area contributed by atoms with Gasteiger partial charge in [-0.05, 0) is 48.7 Å². The SMILES string of the molecule is O=C(Nc1ccccc1)[C@H]1CCCN1C(=O)c1ccc2c(c1)CCO2. The van der Waals surface area contributed by atoms with Gasteiger partial charge in [-0.25, -0.2) is 0 Å². The second-order valence-electron chi connectivity index (χ2n) is 6.43. The standard InChI is InChI=1S/C20H20N2O3/c23-19(21-16-5-2-1-3-6-16)17-7-4-11-22(17)20(24)15-8-9-18-14(13-15)10-12-25-18/h1-3,5-6,8-9,13,17H,4,7,10-12H2,(H,21,23)/t17-/m1/s1. The van der Waals surface area contributed by atoms with Crippen LogP contribution in [0.25, 0.3) is 0 Å². The Labute approximate surface area is 146 Å². The highest BCUT2D eigenvalue weighted by Gasteiger charge is 2.34. The Bertz CT molecular complexity index is 804. The highest BCUT2D eigenvalue weighted by atomic mass is 16.5. The van der Waals surface area contributed by atoms with E-state index in [1.807, 2.05) is 42.5 Å². The number of amides is 2. The molecule has 5 heteroatoms. The predicted molar refractivity (Wildman–Crippen MR) is 94.8 cm³/mol. The maximum atomic E-state index is 12.9. The van der Waals surface area contributed by atoms with Crippen LogP contribution in [0.4, 0.5) is 5.69 Å². The van der Waals surface area contributed by atoms with E-state index >= 15 is 0 Å². The molecule has 2 amide bonds. The number of carbonyl (C=O) groups is 2. The van der Waals surface area contributed by atoms with Crippen molar-refractivity contribution in [3.05, 3.63) is 59.7 Å². The molecule has 0 aliphatic carbocycles. The molecule has 128 valence electrons. The first-order chi connectivity index (χ1) is 12.2. The molecule has 0 aromatic heterocycles. The third-order valence-corrected chi connectivity index (χ3v) is 4.79. The first kappa shape index (κ1) is 15.7. The number of nitrogens with zero attached hydrogens (tertiary/aromatic N) is 1. The smallest absolute Gasteiger partial charge is 0.254 e. The Morgan fingerprint density at radius 2 is 1.96 bits per heavy atom. The Morgan fingerprint density at radius 3 is 2.80 bits per heavy atom. The highest BCUT2D eigenvalue weighted by Crippen LogP contribution is 2.28. The summed E-state index contributed by atoms with van der Waals surface area (Å²) in [6.45, 7) is 1.28. The summed E-state index contributed by atoms with van der Waals surface area (Å²) >= 11 is 0. The lowest BCUT2D eigenvalue weighted by atomic mass is 10.1. The van der Waals surface area contributed by atoms with Crippen LogP contribution in [0.1, 0.15) is 28.8 Å². The minimum Gasteiger partial charge on any atom is -0.493 e. The Hall–Kier alpha value is -2.82. The number of likely N-dealkylation sites (tertiary alicyclic amines) is 1. The van der Waals surface area contributed by atoms with E-state index in [0.717, 1.165) is 29.8 Å². The van der Waals surface area contributed by atoms with Crippen molar-refractivity contribution < 1.29 is 14.3 Å². The maximum Gasteiger partial charge on any atom is 0.254 e. The predicted octanol–water partition coefficient (Wildman–Crippen LogP) is 2.86. The zero-order valence-electron chi connectivity index (χ0n) is 13.9. The number of rotatable bonds is 3. The van der Waals surface area contributed by atoms with Crippen LogP contribution in [0, 0.1) is 0 Å². The number of hydrogen-bond acceptors (Lipinski definition) is 3. The molecule has 0 spiro atoms. The van der Waals surface area contributed by atoms with E-state index in [4.69, 9.17) is 4.74 Å². The van der Waals surface area contributed by atoms with Gasteiger partial charge in [0.15, 0.2) is 0 Å². The second-order valence-corrected chi connectivity index (χ2v) is 6.43. The molecule has 2 aromatic rings. The molecule has 1 N–H and O–H groups in total. The van der Waals surface area contributed by atoms with Crippen molar-refractivity contribution in [3.8, 4) is 5.75 Å². The lowest BCUT2D eigenvalue weighted by Crippen LogP contribution is -2.43. The van der Waals surface area contributed by atoms with Crippen molar-refractivity contribution in [2.45, 2.75) is 25.3 Å². The number of ether oxygens (including phenoxy) is 1. The van der Waals surface area contributed by atoms with E-state index in [-0.39, 0.29) is 11.8 Å². The fourth-order valence-electron chi connectivity index (χ4n) is 3.51. The lowest BCUT2D eigenvalue weighted by molar-refractivity contribution is -0.119. The van der Waals surface area contributed by atoms with Crippen molar-refractivity contribution in [3.63, 3.8) is 0 Å². The molecule has 5 nitrogen and oxygen atoms in total. The van der Waals surface area contributed by atoms with Crippen molar-refractivity contribution >= 4 is 17.5 Å². The molecular formula is C20H20N2O3. The van der Waals surface area contributed by atoms with Crippen LogP contribution in [-0.4, -0.2) is 35.9 Å². The van der Waals surface area contributed by atoms with Crippen LogP contribution in [0.2, 0.25) is 0 Å². The van der Waals surface area contributed by atoms with Crippen LogP contribution in [0.5, 0.6) is 5.75 Å². The van der Waals surface area contributed by atoms with Crippen molar-refractivity contribution in [2.24, 2.45) is 0 Å². The first-order valence-corrected chi connectivity index (χ1v) is 8.65. The monoisotopic (exact) mass is 336 g/mol. The molecule has 2 heterocycles. The fraction of sp³-hybridized carbons (Fsp3) is 0.300. The lowest BCUT2D eigenvalue weighted by Gasteiger charge is -2.24. The summed E-state index contributed by atoms with van der Waals surface area (Å²) in [6, 6.07) is 14.5. The fourth-order valence-corrected chi connectivity index (χ4v) is 3.51. The first-order valence-electron chi connectivity index (χ1n) is 8.65. The third kappa shape index (κ3) is 3.09. The van der Waals surface area contributed by atoms with Gasteiger partial charge in [0.25, 0.3) is 5.91 Å². The quantitative estimate of drug-likeness (QED) is 0.938. The summed E-state index contributed by atoms with van der Waals surface area (Å²) in [4.78, 5) is 27.2. The molecular weight excluding hydrogens is 316 g/mol. The van der Waals surface area contributed by atoms with Gasteiger partial charge in [0.1, 0.15) is 11.8 Å². The van der Waals surface area contributed by atoms with E-state index in [9.17, 15) is 9.59 Å². The molecule has 1 fully saturated rings. The summed E-state index contributed by atoms with van der Waals surface area (Å²) in [7, 11) is 0. The number of benzene rings is 2.